The fourth-order valence-electron chi connectivity index (χ4n) is 5.87. The summed E-state index contributed by atoms with van der Waals surface area (Å²) in [5, 5.41) is 3.02. The number of esters is 1. The maximum atomic E-state index is 13.8. The predicted molar refractivity (Wildman–Crippen MR) is 155 cm³/mol. The van der Waals surface area contributed by atoms with E-state index in [1.165, 1.54) is 4.90 Å². The number of amides is 2. The quantitative estimate of drug-likeness (QED) is 0.287. The molecule has 3 N–H and O–H groups in total. The Balaban J connectivity index is 1.64. The monoisotopic (exact) mass is 619 g/mol. The van der Waals surface area contributed by atoms with Crippen molar-refractivity contribution in [3.8, 4) is 0 Å². The van der Waals surface area contributed by atoms with E-state index in [-0.39, 0.29) is 25.0 Å². The lowest BCUT2D eigenvalue weighted by atomic mass is 9.74. The van der Waals surface area contributed by atoms with Gasteiger partial charge in [-0.1, -0.05) is 55.8 Å². The van der Waals surface area contributed by atoms with Gasteiger partial charge in [-0.05, 0) is 62.3 Å². The molecule has 12 heteroatoms. The molecule has 2 aromatic carbocycles. The van der Waals surface area contributed by atoms with E-state index in [9.17, 15) is 27.6 Å². The molecular weight excluding hydrogens is 579 g/mol. The molecule has 4 atom stereocenters. The molecule has 2 aliphatic rings. The Morgan fingerprint density at radius 1 is 1.05 bits per heavy atom. The molecule has 0 aromatic heterocycles. The number of hydrogen-bond donors (Lipinski definition) is 2. The molecule has 0 saturated carbocycles. The summed E-state index contributed by atoms with van der Waals surface area (Å²) in [5.41, 5.74) is 4.79. The maximum Gasteiger partial charge on any atom is 0.416 e. The van der Waals surface area contributed by atoms with Crippen molar-refractivity contribution in [2.75, 3.05) is 19.9 Å². The minimum Gasteiger partial charge on any atom is -0.427 e. The first kappa shape index (κ1) is 33.3. The minimum absolute atomic E-state index is 0.0788. The zero-order valence-electron chi connectivity index (χ0n) is 25.4. The zero-order chi connectivity index (χ0) is 32.3. The Hall–Kier alpha value is -3.64. The van der Waals surface area contributed by atoms with E-state index in [1.807, 2.05) is 30.3 Å². The van der Waals surface area contributed by atoms with Crippen LogP contribution < -0.4 is 11.1 Å². The average molecular weight is 620 g/mol. The maximum absolute atomic E-state index is 13.8. The summed E-state index contributed by atoms with van der Waals surface area (Å²) >= 11 is 0. The van der Waals surface area contributed by atoms with Crippen molar-refractivity contribution in [2.45, 2.75) is 82.8 Å². The zero-order valence-corrected chi connectivity index (χ0v) is 25.4. The number of nitrogens with two attached hydrogens (primary N) is 1. The summed E-state index contributed by atoms with van der Waals surface area (Å²) in [7, 11) is 0. The van der Waals surface area contributed by atoms with Gasteiger partial charge in [0.25, 0.3) is 0 Å². The highest BCUT2D eigenvalue weighted by molar-refractivity contribution is 5.80. The molecule has 240 valence electrons. The van der Waals surface area contributed by atoms with Crippen LogP contribution in [0.25, 0.3) is 0 Å². The molecular formula is C32H40F3N3O6. The number of piperidine rings is 1. The third kappa shape index (κ3) is 7.35. The molecule has 2 aromatic rings. The second-order valence-electron chi connectivity index (χ2n) is 12.2. The molecule has 2 saturated heterocycles. The van der Waals surface area contributed by atoms with Crippen molar-refractivity contribution >= 4 is 18.0 Å². The van der Waals surface area contributed by atoms with Crippen LogP contribution in [0.4, 0.5) is 18.0 Å². The van der Waals surface area contributed by atoms with Crippen LogP contribution in [-0.2, 0) is 35.5 Å². The SMILES string of the molecule is Cc1cc([C@@H](C)OC[C@@]2(c3ccccc3)CC[C@]3(CCC(=O)N3)CN2C(=O)OCOC(=O)[C@@H](N)C(C)C)cc(C(F)(F)F)c1. The highest BCUT2D eigenvalue weighted by atomic mass is 19.4. The number of aryl methyl sites for hydroxylation is 1. The predicted octanol–water partition coefficient (Wildman–Crippen LogP) is 5.35. The molecule has 9 nitrogen and oxygen atoms in total. The van der Waals surface area contributed by atoms with Gasteiger partial charge in [0.2, 0.25) is 12.7 Å². The second-order valence-corrected chi connectivity index (χ2v) is 12.2. The molecule has 2 amide bonds. The lowest BCUT2D eigenvalue weighted by Gasteiger charge is -2.52. The van der Waals surface area contributed by atoms with Gasteiger partial charge in [-0.15, -0.1) is 0 Å². The smallest absolute Gasteiger partial charge is 0.416 e. The first-order valence-electron chi connectivity index (χ1n) is 14.7. The number of ether oxygens (including phenoxy) is 3. The van der Waals surface area contributed by atoms with Crippen molar-refractivity contribution < 1.29 is 41.8 Å². The Morgan fingerprint density at radius 2 is 1.75 bits per heavy atom. The summed E-state index contributed by atoms with van der Waals surface area (Å²) in [6.07, 6.45) is -4.36. The highest BCUT2D eigenvalue weighted by Gasteiger charge is 2.54. The Kier molecular flexibility index (Phi) is 9.94. The van der Waals surface area contributed by atoms with Crippen LogP contribution in [0.3, 0.4) is 0 Å². The van der Waals surface area contributed by atoms with Crippen LogP contribution in [0.1, 0.15) is 74.8 Å². The van der Waals surface area contributed by atoms with Gasteiger partial charge in [-0.3, -0.25) is 14.5 Å². The molecule has 0 aliphatic carbocycles. The summed E-state index contributed by atoms with van der Waals surface area (Å²) in [5.74, 6) is -1.02. The number of benzene rings is 2. The van der Waals surface area contributed by atoms with Crippen LogP contribution in [0.5, 0.6) is 0 Å². The van der Waals surface area contributed by atoms with Crippen LogP contribution in [0, 0.1) is 12.8 Å². The van der Waals surface area contributed by atoms with E-state index >= 15 is 0 Å². The molecule has 0 radical (unpaired) electrons. The largest absolute Gasteiger partial charge is 0.427 e. The summed E-state index contributed by atoms with van der Waals surface area (Å²) in [6, 6.07) is 12.0. The van der Waals surface area contributed by atoms with Gasteiger partial charge >= 0.3 is 18.2 Å². The third-order valence-electron chi connectivity index (χ3n) is 8.60. The van der Waals surface area contributed by atoms with Crippen molar-refractivity contribution in [3.05, 3.63) is 70.8 Å². The van der Waals surface area contributed by atoms with Crippen LogP contribution in [-0.4, -0.2) is 54.4 Å². The van der Waals surface area contributed by atoms with Gasteiger partial charge in [0, 0.05) is 13.0 Å². The van der Waals surface area contributed by atoms with Gasteiger partial charge in [-0.2, -0.15) is 13.2 Å². The van der Waals surface area contributed by atoms with E-state index in [0.29, 0.717) is 36.8 Å². The number of carbonyl (C=O) groups is 3. The van der Waals surface area contributed by atoms with Crippen molar-refractivity contribution in [1.29, 1.82) is 0 Å². The van der Waals surface area contributed by atoms with Gasteiger partial charge < -0.3 is 25.3 Å². The van der Waals surface area contributed by atoms with Crippen molar-refractivity contribution in [2.24, 2.45) is 11.7 Å². The van der Waals surface area contributed by atoms with Crippen molar-refractivity contribution in [3.63, 3.8) is 0 Å². The van der Waals surface area contributed by atoms with E-state index in [0.717, 1.165) is 17.7 Å². The third-order valence-corrected chi connectivity index (χ3v) is 8.60. The molecule has 1 spiro atoms. The standard InChI is InChI=1S/C32H40F3N3O6/c1-20(2)27(36)28(40)43-19-44-29(41)38-17-30(11-10-26(39)37-30)12-13-31(38,24-8-6-5-7-9-24)18-42-22(4)23-14-21(3)15-25(16-23)32(33,34)35/h5-9,14-16,20,22,27H,10-13,17-19,36H2,1-4H3,(H,37,39)/t22-,27+,30-,31-/m1/s1. The topological polar surface area (TPSA) is 120 Å². The van der Waals surface area contributed by atoms with E-state index in [2.05, 4.69) is 5.32 Å². The van der Waals surface area contributed by atoms with Crippen LogP contribution in [0.15, 0.2) is 48.5 Å². The summed E-state index contributed by atoms with van der Waals surface area (Å²) in [6.45, 7) is 6.12. The number of halogens is 3. The number of alkyl halides is 3. The normalized spacial score (nSPS) is 23.4. The van der Waals surface area contributed by atoms with Gasteiger partial charge in [0.15, 0.2) is 0 Å². The average Bonchev–Trinajstić information content (AvgIpc) is 3.34. The first-order valence-corrected chi connectivity index (χ1v) is 14.7. The Bertz CT molecular complexity index is 1350. The molecule has 2 aliphatic heterocycles. The van der Waals surface area contributed by atoms with Gasteiger partial charge in [-0.25, -0.2) is 4.79 Å². The Morgan fingerprint density at radius 3 is 2.36 bits per heavy atom. The first-order chi connectivity index (χ1) is 20.7. The van der Waals surface area contributed by atoms with E-state index in [4.69, 9.17) is 19.9 Å². The van der Waals surface area contributed by atoms with E-state index < -0.39 is 53.8 Å². The molecule has 2 heterocycles. The van der Waals surface area contributed by atoms with Crippen molar-refractivity contribution in [1.82, 2.24) is 10.2 Å². The van der Waals surface area contributed by atoms with Crippen LogP contribution in [0.2, 0.25) is 0 Å². The molecule has 44 heavy (non-hydrogen) atoms. The molecule has 0 bridgehead atoms. The highest BCUT2D eigenvalue weighted by Crippen LogP contribution is 2.45. The number of nitrogens with zero attached hydrogens (tertiary/aromatic N) is 1. The lowest BCUT2D eigenvalue weighted by Crippen LogP contribution is -2.65. The Labute approximate surface area is 255 Å². The van der Waals surface area contributed by atoms with Gasteiger partial charge in [0.05, 0.1) is 29.4 Å². The minimum atomic E-state index is -4.52. The van der Waals surface area contributed by atoms with Gasteiger partial charge in [0.1, 0.15) is 6.04 Å². The number of hydrogen-bond acceptors (Lipinski definition) is 7. The number of carbonyl (C=O) groups excluding carboxylic acids is 3. The summed E-state index contributed by atoms with van der Waals surface area (Å²) in [4.78, 5) is 39.8. The molecule has 2 fully saturated rings. The van der Waals surface area contributed by atoms with Crippen LogP contribution >= 0.6 is 0 Å². The lowest BCUT2D eigenvalue weighted by molar-refractivity contribution is -0.156. The number of nitrogens with one attached hydrogen (secondary N) is 1. The fourth-order valence-corrected chi connectivity index (χ4v) is 5.87. The number of rotatable bonds is 9. The van der Waals surface area contributed by atoms with E-state index in [1.54, 1.807) is 33.8 Å². The summed E-state index contributed by atoms with van der Waals surface area (Å²) < 4.78 is 57.5. The fraction of sp³-hybridized carbons (Fsp3) is 0.531. The second kappa shape index (κ2) is 13.2. The number of likely N-dealkylation sites (tertiary alicyclic amines) is 1. The molecule has 4 rings (SSSR count). The molecule has 0 unspecified atom stereocenters.